The number of esters is 1. The molecule has 1 aliphatic carbocycles. The molecule has 3 rings (SSSR count). The lowest BCUT2D eigenvalue weighted by atomic mass is 9.74. The van der Waals surface area contributed by atoms with E-state index >= 15 is 0 Å². The Kier molecular flexibility index (Phi) is 4.00. The Balaban J connectivity index is 2.01. The van der Waals surface area contributed by atoms with Crippen molar-refractivity contribution in [1.82, 2.24) is 0 Å². The minimum atomic E-state index is -0.657. The van der Waals surface area contributed by atoms with Crippen LogP contribution in [0.15, 0.2) is 41.7 Å². The summed E-state index contributed by atoms with van der Waals surface area (Å²) in [7, 11) is 0. The maximum absolute atomic E-state index is 12.6. The van der Waals surface area contributed by atoms with E-state index in [2.05, 4.69) is 0 Å². The second-order valence-electron chi connectivity index (χ2n) is 6.96. The van der Waals surface area contributed by atoms with Gasteiger partial charge in [-0.3, -0.25) is 9.59 Å². The van der Waals surface area contributed by atoms with Crippen molar-refractivity contribution < 1.29 is 19.1 Å². The quantitative estimate of drug-likeness (QED) is 0.800. The molecule has 122 valence electrons. The molecular formula is C19H22O4. The summed E-state index contributed by atoms with van der Waals surface area (Å²) in [6.07, 6.45) is 0.637. The summed E-state index contributed by atoms with van der Waals surface area (Å²) in [5.74, 6) is -0.360. The molecule has 0 fully saturated rings. The summed E-state index contributed by atoms with van der Waals surface area (Å²) >= 11 is 0. The van der Waals surface area contributed by atoms with Crippen molar-refractivity contribution in [2.75, 3.05) is 6.61 Å². The number of carbonyl (C=O) groups is 2. The minimum absolute atomic E-state index is 0.00716. The van der Waals surface area contributed by atoms with E-state index in [0.29, 0.717) is 30.8 Å². The van der Waals surface area contributed by atoms with E-state index in [0.717, 1.165) is 5.56 Å². The fraction of sp³-hybridized carbons (Fsp3) is 0.474. The van der Waals surface area contributed by atoms with E-state index in [-0.39, 0.29) is 17.2 Å². The largest absolute Gasteiger partial charge is 0.488 e. The van der Waals surface area contributed by atoms with E-state index in [1.165, 1.54) is 0 Å². The van der Waals surface area contributed by atoms with Crippen molar-refractivity contribution >= 4 is 11.8 Å². The first-order valence-electron chi connectivity index (χ1n) is 8.07. The number of allylic oxidation sites excluding steroid dienone is 1. The Labute approximate surface area is 136 Å². The van der Waals surface area contributed by atoms with Gasteiger partial charge in [-0.15, -0.1) is 0 Å². The highest BCUT2D eigenvalue weighted by Crippen LogP contribution is 2.50. The lowest BCUT2D eigenvalue weighted by Crippen LogP contribution is -2.30. The zero-order valence-corrected chi connectivity index (χ0v) is 13.8. The zero-order chi connectivity index (χ0) is 16.6. The molecule has 1 aromatic rings. The van der Waals surface area contributed by atoms with Crippen LogP contribution in [0.25, 0.3) is 0 Å². The van der Waals surface area contributed by atoms with Gasteiger partial charge in [0.15, 0.2) is 5.78 Å². The Morgan fingerprint density at radius 3 is 2.61 bits per heavy atom. The normalized spacial score (nSPS) is 25.8. The molecule has 0 saturated heterocycles. The van der Waals surface area contributed by atoms with Crippen LogP contribution in [-0.4, -0.2) is 18.4 Å². The number of carbonyl (C=O) groups excluding carboxylic acids is 2. The van der Waals surface area contributed by atoms with Gasteiger partial charge in [0, 0.05) is 12.8 Å². The van der Waals surface area contributed by atoms with Gasteiger partial charge in [0.1, 0.15) is 17.8 Å². The molecular weight excluding hydrogens is 292 g/mol. The van der Waals surface area contributed by atoms with E-state index in [1.54, 1.807) is 6.92 Å². The van der Waals surface area contributed by atoms with Crippen molar-refractivity contribution in [2.24, 2.45) is 11.3 Å². The van der Waals surface area contributed by atoms with Crippen molar-refractivity contribution in [1.29, 1.82) is 0 Å². The van der Waals surface area contributed by atoms with Gasteiger partial charge in [0.05, 0.1) is 12.2 Å². The maximum atomic E-state index is 12.6. The summed E-state index contributed by atoms with van der Waals surface area (Å²) in [5, 5.41) is 0. The Bertz CT molecular complexity index is 657. The van der Waals surface area contributed by atoms with Crippen LogP contribution in [0.2, 0.25) is 0 Å². The predicted molar refractivity (Wildman–Crippen MR) is 85.4 cm³/mol. The third-order valence-corrected chi connectivity index (χ3v) is 4.43. The molecule has 0 spiro atoms. The summed E-state index contributed by atoms with van der Waals surface area (Å²) in [5.41, 5.74) is 1.28. The summed E-state index contributed by atoms with van der Waals surface area (Å²) < 4.78 is 11.3. The van der Waals surface area contributed by atoms with E-state index in [4.69, 9.17) is 9.47 Å². The SMILES string of the molecule is CCOC(=O)C1C2=C(CC(C)(C)CC2=O)OC1c1ccccc1. The number of rotatable bonds is 3. The van der Waals surface area contributed by atoms with Gasteiger partial charge in [-0.05, 0) is 17.9 Å². The number of benzene rings is 1. The maximum Gasteiger partial charge on any atom is 0.317 e. The van der Waals surface area contributed by atoms with Crippen LogP contribution >= 0.6 is 0 Å². The average molecular weight is 314 g/mol. The van der Waals surface area contributed by atoms with Crippen molar-refractivity contribution in [3.63, 3.8) is 0 Å². The molecule has 2 unspecified atom stereocenters. The lowest BCUT2D eigenvalue weighted by Gasteiger charge is -2.28. The standard InChI is InChI=1S/C19H22O4/c1-4-22-18(21)16-15-13(20)10-19(2,3)11-14(15)23-17(16)12-8-6-5-7-9-12/h5-9,16-17H,4,10-11H2,1-3H3. The van der Waals surface area contributed by atoms with Crippen LogP contribution in [0.1, 0.15) is 45.3 Å². The molecule has 2 atom stereocenters. The molecule has 2 aliphatic rings. The average Bonchev–Trinajstić information content (AvgIpc) is 2.86. The first-order chi connectivity index (χ1) is 10.9. The Morgan fingerprint density at radius 2 is 1.96 bits per heavy atom. The minimum Gasteiger partial charge on any atom is -0.488 e. The van der Waals surface area contributed by atoms with Crippen LogP contribution in [0.5, 0.6) is 0 Å². The van der Waals surface area contributed by atoms with E-state index in [1.807, 2.05) is 44.2 Å². The summed E-state index contributed by atoms with van der Waals surface area (Å²) in [6, 6.07) is 9.57. The van der Waals surface area contributed by atoms with Crippen molar-refractivity contribution in [3.05, 3.63) is 47.2 Å². The fourth-order valence-electron chi connectivity index (χ4n) is 3.48. The third-order valence-electron chi connectivity index (χ3n) is 4.43. The first kappa shape index (κ1) is 15.8. The number of hydrogen-bond donors (Lipinski definition) is 0. The molecule has 0 aromatic heterocycles. The van der Waals surface area contributed by atoms with Crippen LogP contribution in [-0.2, 0) is 19.1 Å². The highest BCUT2D eigenvalue weighted by Gasteiger charge is 2.50. The third kappa shape index (κ3) is 2.90. The van der Waals surface area contributed by atoms with E-state index < -0.39 is 12.0 Å². The fourth-order valence-corrected chi connectivity index (χ4v) is 3.48. The van der Waals surface area contributed by atoms with Gasteiger partial charge in [-0.1, -0.05) is 44.2 Å². The van der Waals surface area contributed by atoms with Gasteiger partial charge in [-0.25, -0.2) is 0 Å². The van der Waals surface area contributed by atoms with Crippen LogP contribution in [0, 0.1) is 11.3 Å². The monoisotopic (exact) mass is 314 g/mol. The molecule has 0 N–H and O–H groups in total. The predicted octanol–water partition coefficient (Wildman–Crippen LogP) is 3.58. The topological polar surface area (TPSA) is 52.6 Å². The van der Waals surface area contributed by atoms with Gasteiger partial charge in [0.25, 0.3) is 0 Å². The molecule has 1 aromatic carbocycles. The van der Waals surface area contributed by atoms with Gasteiger partial charge < -0.3 is 9.47 Å². The number of ether oxygens (including phenoxy) is 2. The highest BCUT2D eigenvalue weighted by atomic mass is 16.5. The van der Waals surface area contributed by atoms with Gasteiger partial charge in [-0.2, -0.15) is 0 Å². The first-order valence-corrected chi connectivity index (χ1v) is 8.07. The molecule has 0 bridgehead atoms. The van der Waals surface area contributed by atoms with Gasteiger partial charge in [0.2, 0.25) is 0 Å². The molecule has 4 nitrogen and oxygen atoms in total. The zero-order valence-electron chi connectivity index (χ0n) is 13.8. The van der Waals surface area contributed by atoms with Gasteiger partial charge >= 0.3 is 5.97 Å². The molecule has 23 heavy (non-hydrogen) atoms. The summed E-state index contributed by atoms with van der Waals surface area (Å²) in [4.78, 5) is 25.1. The smallest absolute Gasteiger partial charge is 0.317 e. The molecule has 4 heteroatoms. The number of Topliss-reactive ketones (excluding diaryl/α,β-unsaturated/α-hetero) is 1. The Hall–Kier alpha value is -2.10. The molecule has 0 amide bonds. The van der Waals surface area contributed by atoms with Crippen molar-refractivity contribution in [2.45, 2.75) is 39.7 Å². The van der Waals surface area contributed by atoms with Crippen LogP contribution in [0.3, 0.4) is 0 Å². The second kappa shape index (κ2) is 5.84. The molecule has 1 aliphatic heterocycles. The summed E-state index contributed by atoms with van der Waals surface area (Å²) in [6.45, 7) is 6.16. The Morgan fingerprint density at radius 1 is 1.26 bits per heavy atom. The number of hydrogen-bond acceptors (Lipinski definition) is 4. The molecule has 1 heterocycles. The lowest BCUT2D eigenvalue weighted by molar-refractivity contribution is -0.150. The molecule has 0 radical (unpaired) electrons. The van der Waals surface area contributed by atoms with E-state index in [9.17, 15) is 9.59 Å². The number of ketones is 1. The highest BCUT2D eigenvalue weighted by molar-refractivity contribution is 6.03. The van der Waals surface area contributed by atoms with Crippen LogP contribution in [0.4, 0.5) is 0 Å². The van der Waals surface area contributed by atoms with Crippen molar-refractivity contribution in [3.8, 4) is 0 Å². The van der Waals surface area contributed by atoms with Crippen LogP contribution < -0.4 is 0 Å². The molecule has 0 saturated carbocycles. The second-order valence-corrected chi connectivity index (χ2v) is 6.96.